The normalized spacial score (nSPS) is 10.7. The van der Waals surface area contributed by atoms with Gasteiger partial charge in [-0.25, -0.2) is 0 Å². The van der Waals surface area contributed by atoms with Crippen LogP contribution in [0.2, 0.25) is 0 Å². The number of hydrogen-bond acceptors (Lipinski definition) is 4. The lowest BCUT2D eigenvalue weighted by atomic mass is 10.1. The van der Waals surface area contributed by atoms with E-state index in [1.54, 1.807) is 0 Å². The third-order valence-corrected chi connectivity index (χ3v) is 5.61. The summed E-state index contributed by atoms with van der Waals surface area (Å²) in [7, 11) is 0. The van der Waals surface area contributed by atoms with E-state index in [-0.39, 0.29) is 11.7 Å². The van der Waals surface area contributed by atoms with Gasteiger partial charge in [-0.2, -0.15) is 0 Å². The quantitative estimate of drug-likeness (QED) is 0.420. The molecule has 0 unspecified atom stereocenters. The summed E-state index contributed by atoms with van der Waals surface area (Å²) in [6.07, 6.45) is 2.69. The Labute approximate surface area is 176 Å². The third kappa shape index (κ3) is 4.95. The average Bonchev–Trinajstić information content (AvgIpc) is 3.11. The summed E-state index contributed by atoms with van der Waals surface area (Å²) in [4.78, 5) is 12.6. The highest BCUT2D eigenvalue weighted by Gasteiger charge is 2.16. The van der Waals surface area contributed by atoms with E-state index in [9.17, 15) is 4.79 Å². The van der Waals surface area contributed by atoms with Crippen molar-refractivity contribution in [2.75, 3.05) is 11.1 Å². The summed E-state index contributed by atoms with van der Waals surface area (Å²) in [6.45, 7) is 10.6. The van der Waals surface area contributed by atoms with E-state index in [1.165, 1.54) is 11.8 Å². The van der Waals surface area contributed by atoms with E-state index in [1.807, 2.05) is 60.9 Å². The maximum atomic E-state index is 12.6. The van der Waals surface area contributed by atoms with Gasteiger partial charge in [-0.1, -0.05) is 66.7 Å². The molecular formula is C23H26N4OS. The van der Waals surface area contributed by atoms with E-state index in [0.717, 1.165) is 40.2 Å². The monoisotopic (exact) mass is 406 g/mol. The van der Waals surface area contributed by atoms with Crippen molar-refractivity contribution >= 4 is 23.4 Å². The van der Waals surface area contributed by atoms with Gasteiger partial charge in [0.1, 0.15) is 0 Å². The number of aryl methyl sites for hydroxylation is 3. The minimum absolute atomic E-state index is 0.0516. The van der Waals surface area contributed by atoms with Crippen molar-refractivity contribution in [2.45, 2.75) is 38.9 Å². The number of allylic oxidation sites excluding steroid dienone is 1. The third-order valence-electron chi connectivity index (χ3n) is 4.64. The molecule has 1 aromatic heterocycles. The number of nitrogens with zero attached hydrogens (tertiary/aromatic N) is 3. The highest BCUT2D eigenvalue weighted by molar-refractivity contribution is 7.99. The number of aromatic nitrogens is 3. The van der Waals surface area contributed by atoms with Crippen molar-refractivity contribution in [3.8, 4) is 11.4 Å². The van der Waals surface area contributed by atoms with Crippen LogP contribution in [0.25, 0.3) is 11.4 Å². The summed E-state index contributed by atoms with van der Waals surface area (Å²) >= 11 is 1.38. The molecule has 6 heteroatoms. The number of amides is 1. The molecule has 2 aromatic carbocycles. The first-order valence-electron chi connectivity index (χ1n) is 9.65. The molecule has 1 N–H and O–H groups in total. The SMILES string of the molecule is C=CCn1c(SCC(=O)Nc2c(C)cccc2CC)nnc1-c1cccc(C)c1. The zero-order valence-corrected chi connectivity index (χ0v) is 17.9. The van der Waals surface area contributed by atoms with Crippen molar-refractivity contribution in [1.82, 2.24) is 14.8 Å². The average molecular weight is 407 g/mol. The van der Waals surface area contributed by atoms with E-state index in [4.69, 9.17) is 0 Å². The maximum Gasteiger partial charge on any atom is 0.234 e. The van der Waals surface area contributed by atoms with Crippen LogP contribution in [-0.2, 0) is 17.8 Å². The second kappa shape index (κ2) is 9.56. The summed E-state index contributed by atoms with van der Waals surface area (Å²) in [5, 5.41) is 12.4. The van der Waals surface area contributed by atoms with Crippen LogP contribution in [0.15, 0.2) is 60.3 Å². The van der Waals surface area contributed by atoms with Crippen molar-refractivity contribution in [3.05, 3.63) is 71.8 Å². The molecule has 0 spiro atoms. The first-order chi connectivity index (χ1) is 14.0. The Kier molecular flexibility index (Phi) is 6.88. The van der Waals surface area contributed by atoms with Gasteiger partial charge in [0, 0.05) is 17.8 Å². The van der Waals surface area contributed by atoms with Crippen LogP contribution < -0.4 is 5.32 Å². The molecule has 0 aliphatic heterocycles. The fourth-order valence-electron chi connectivity index (χ4n) is 3.19. The lowest BCUT2D eigenvalue weighted by Crippen LogP contribution is -2.16. The molecule has 5 nitrogen and oxygen atoms in total. The Bertz CT molecular complexity index is 1030. The Morgan fingerprint density at radius 1 is 1.21 bits per heavy atom. The van der Waals surface area contributed by atoms with Gasteiger partial charge in [0.25, 0.3) is 0 Å². The van der Waals surface area contributed by atoms with E-state index in [0.29, 0.717) is 11.7 Å². The fourth-order valence-corrected chi connectivity index (χ4v) is 3.94. The molecule has 0 aliphatic carbocycles. The number of benzene rings is 2. The van der Waals surface area contributed by atoms with Crippen molar-refractivity contribution < 1.29 is 4.79 Å². The predicted octanol–water partition coefficient (Wildman–Crippen LogP) is 5.04. The maximum absolute atomic E-state index is 12.6. The number of rotatable bonds is 8. The second-order valence-electron chi connectivity index (χ2n) is 6.87. The minimum Gasteiger partial charge on any atom is -0.325 e. The molecule has 29 heavy (non-hydrogen) atoms. The van der Waals surface area contributed by atoms with Crippen LogP contribution in [0.1, 0.15) is 23.6 Å². The lowest BCUT2D eigenvalue weighted by molar-refractivity contribution is -0.113. The molecule has 0 radical (unpaired) electrons. The molecule has 3 aromatic rings. The van der Waals surface area contributed by atoms with E-state index in [2.05, 4.69) is 35.1 Å². The molecule has 0 aliphatic rings. The zero-order chi connectivity index (χ0) is 20.8. The summed E-state index contributed by atoms with van der Waals surface area (Å²) in [5.41, 5.74) is 5.28. The van der Waals surface area contributed by atoms with Gasteiger partial charge < -0.3 is 5.32 Å². The van der Waals surface area contributed by atoms with Gasteiger partial charge in [-0.3, -0.25) is 9.36 Å². The van der Waals surface area contributed by atoms with Crippen LogP contribution in [0.5, 0.6) is 0 Å². The fraction of sp³-hybridized carbons (Fsp3) is 0.261. The molecule has 150 valence electrons. The van der Waals surface area contributed by atoms with Crippen molar-refractivity contribution in [3.63, 3.8) is 0 Å². The molecule has 0 fully saturated rings. The lowest BCUT2D eigenvalue weighted by Gasteiger charge is -2.13. The van der Waals surface area contributed by atoms with Crippen LogP contribution in [0.3, 0.4) is 0 Å². The van der Waals surface area contributed by atoms with Gasteiger partial charge in [-0.05, 0) is 37.5 Å². The highest BCUT2D eigenvalue weighted by Crippen LogP contribution is 2.26. The van der Waals surface area contributed by atoms with E-state index >= 15 is 0 Å². The topological polar surface area (TPSA) is 59.8 Å². The molecular weight excluding hydrogens is 380 g/mol. The molecule has 0 saturated carbocycles. The van der Waals surface area contributed by atoms with Gasteiger partial charge in [0.15, 0.2) is 11.0 Å². The Hall–Kier alpha value is -2.86. The number of nitrogens with one attached hydrogen (secondary N) is 1. The standard InChI is InChI=1S/C23H26N4OS/c1-5-13-27-22(19-12-7-9-16(3)14-19)25-26-23(27)29-15-20(28)24-21-17(4)10-8-11-18(21)6-2/h5,7-12,14H,1,6,13,15H2,2-4H3,(H,24,28). The molecule has 3 rings (SSSR count). The first-order valence-corrected chi connectivity index (χ1v) is 10.6. The summed E-state index contributed by atoms with van der Waals surface area (Å²) in [6, 6.07) is 14.2. The van der Waals surface area contributed by atoms with Gasteiger partial charge in [0.05, 0.1) is 5.75 Å². The van der Waals surface area contributed by atoms with Gasteiger partial charge in [-0.15, -0.1) is 16.8 Å². The van der Waals surface area contributed by atoms with Crippen LogP contribution in [0, 0.1) is 13.8 Å². The number of hydrogen-bond donors (Lipinski definition) is 1. The molecule has 0 atom stereocenters. The molecule has 1 amide bonds. The van der Waals surface area contributed by atoms with Gasteiger partial charge in [0.2, 0.25) is 5.91 Å². The molecule has 0 saturated heterocycles. The van der Waals surface area contributed by atoms with Crippen LogP contribution in [0.4, 0.5) is 5.69 Å². The van der Waals surface area contributed by atoms with Crippen LogP contribution in [-0.4, -0.2) is 26.4 Å². The molecule has 1 heterocycles. The largest absolute Gasteiger partial charge is 0.325 e. The summed E-state index contributed by atoms with van der Waals surface area (Å²) in [5.74, 6) is 0.994. The Morgan fingerprint density at radius 2 is 2.00 bits per heavy atom. The first kappa shape index (κ1) is 20.9. The second-order valence-corrected chi connectivity index (χ2v) is 7.82. The van der Waals surface area contributed by atoms with Crippen molar-refractivity contribution in [1.29, 1.82) is 0 Å². The smallest absolute Gasteiger partial charge is 0.234 e. The van der Waals surface area contributed by atoms with Crippen LogP contribution >= 0.6 is 11.8 Å². The number of carbonyl (C=O) groups excluding carboxylic acids is 1. The summed E-state index contributed by atoms with van der Waals surface area (Å²) < 4.78 is 1.99. The number of para-hydroxylation sites is 1. The number of thioether (sulfide) groups is 1. The number of anilines is 1. The van der Waals surface area contributed by atoms with Gasteiger partial charge >= 0.3 is 0 Å². The van der Waals surface area contributed by atoms with E-state index < -0.39 is 0 Å². The Morgan fingerprint density at radius 3 is 2.72 bits per heavy atom. The minimum atomic E-state index is -0.0516. The zero-order valence-electron chi connectivity index (χ0n) is 17.1. The molecule has 0 bridgehead atoms. The highest BCUT2D eigenvalue weighted by atomic mass is 32.2. The number of carbonyl (C=O) groups is 1. The van der Waals surface area contributed by atoms with Crippen molar-refractivity contribution in [2.24, 2.45) is 0 Å². The Balaban J connectivity index is 1.75. The predicted molar refractivity (Wildman–Crippen MR) is 120 cm³/mol.